The van der Waals surface area contributed by atoms with Gasteiger partial charge in [-0.05, 0) is 18.4 Å². The molecule has 1 unspecified atom stereocenters. The number of hydrogen-bond acceptors (Lipinski definition) is 2. The van der Waals surface area contributed by atoms with Crippen LogP contribution in [0.3, 0.4) is 0 Å². The lowest BCUT2D eigenvalue weighted by atomic mass is 9.94. The highest BCUT2D eigenvalue weighted by atomic mass is 32.1. The smallest absolute Gasteiger partial charge is 0.232 e. The Kier molecular flexibility index (Phi) is 5.48. The van der Waals surface area contributed by atoms with Crippen molar-refractivity contribution in [2.75, 3.05) is 7.05 Å². The SMILES string of the molecule is Cc1cccc(CN(C)C(=O)C(C(N)=S)C(C)C)c1. The number of carbonyl (C=O) groups excluding carboxylic acids is 1. The molecule has 0 fully saturated rings. The fourth-order valence-electron chi connectivity index (χ4n) is 2.14. The van der Waals surface area contributed by atoms with Crippen LogP contribution in [0.2, 0.25) is 0 Å². The second kappa shape index (κ2) is 6.66. The third-order valence-corrected chi connectivity index (χ3v) is 3.37. The van der Waals surface area contributed by atoms with Crippen LogP contribution in [0.4, 0.5) is 0 Å². The van der Waals surface area contributed by atoms with Crippen LogP contribution in [0.5, 0.6) is 0 Å². The van der Waals surface area contributed by atoms with E-state index in [4.69, 9.17) is 18.0 Å². The van der Waals surface area contributed by atoms with Crippen LogP contribution in [-0.4, -0.2) is 22.8 Å². The third-order valence-electron chi connectivity index (χ3n) is 3.12. The average molecular weight is 278 g/mol. The van der Waals surface area contributed by atoms with Gasteiger partial charge in [0.2, 0.25) is 5.91 Å². The van der Waals surface area contributed by atoms with Crippen molar-refractivity contribution in [3.63, 3.8) is 0 Å². The van der Waals surface area contributed by atoms with Crippen molar-refractivity contribution in [2.45, 2.75) is 27.3 Å². The molecular weight excluding hydrogens is 256 g/mol. The predicted octanol–water partition coefficient (Wildman–Crippen LogP) is 2.51. The normalized spacial score (nSPS) is 12.3. The van der Waals surface area contributed by atoms with Crippen molar-refractivity contribution < 1.29 is 4.79 Å². The van der Waals surface area contributed by atoms with Gasteiger partial charge in [0.15, 0.2) is 0 Å². The first kappa shape index (κ1) is 15.6. The first-order chi connectivity index (χ1) is 8.82. The Hall–Kier alpha value is -1.42. The topological polar surface area (TPSA) is 46.3 Å². The van der Waals surface area contributed by atoms with Crippen LogP contribution in [-0.2, 0) is 11.3 Å². The van der Waals surface area contributed by atoms with Gasteiger partial charge in [-0.1, -0.05) is 55.9 Å². The number of amides is 1. The summed E-state index contributed by atoms with van der Waals surface area (Å²) >= 11 is 5.00. The maximum atomic E-state index is 12.4. The summed E-state index contributed by atoms with van der Waals surface area (Å²) in [5.74, 6) is -0.279. The van der Waals surface area contributed by atoms with Gasteiger partial charge in [0.1, 0.15) is 0 Å². The monoisotopic (exact) mass is 278 g/mol. The van der Waals surface area contributed by atoms with Gasteiger partial charge in [0.05, 0.1) is 10.9 Å². The maximum Gasteiger partial charge on any atom is 0.232 e. The first-order valence-electron chi connectivity index (χ1n) is 6.42. The van der Waals surface area contributed by atoms with Crippen LogP contribution >= 0.6 is 12.2 Å². The molecule has 0 saturated carbocycles. The quantitative estimate of drug-likeness (QED) is 0.842. The van der Waals surface area contributed by atoms with Gasteiger partial charge >= 0.3 is 0 Å². The maximum absolute atomic E-state index is 12.4. The molecule has 0 spiro atoms. The van der Waals surface area contributed by atoms with Crippen LogP contribution < -0.4 is 5.73 Å². The predicted molar refractivity (Wildman–Crippen MR) is 82.8 cm³/mol. The summed E-state index contributed by atoms with van der Waals surface area (Å²) in [5, 5.41) is 0. The number of carbonyl (C=O) groups is 1. The van der Waals surface area contributed by atoms with Crippen molar-refractivity contribution in [1.29, 1.82) is 0 Å². The van der Waals surface area contributed by atoms with E-state index in [9.17, 15) is 4.79 Å². The van der Waals surface area contributed by atoms with Gasteiger partial charge in [-0.2, -0.15) is 0 Å². The molecule has 19 heavy (non-hydrogen) atoms. The fourth-order valence-corrected chi connectivity index (χ4v) is 2.51. The molecule has 0 radical (unpaired) electrons. The highest BCUT2D eigenvalue weighted by molar-refractivity contribution is 7.80. The van der Waals surface area contributed by atoms with Crippen LogP contribution in [0.25, 0.3) is 0 Å². The minimum atomic E-state index is -0.384. The number of thiocarbonyl (C=S) groups is 1. The summed E-state index contributed by atoms with van der Waals surface area (Å²) in [5.41, 5.74) is 7.98. The molecule has 1 aromatic carbocycles. The number of benzene rings is 1. The second-order valence-electron chi connectivity index (χ2n) is 5.31. The number of aryl methyl sites for hydroxylation is 1. The number of nitrogens with two attached hydrogens (primary N) is 1. The molecule has 0 aliphatic carbocycles. The van der Waals surface area contributed by atoms with Crippen molar-refractivity contribution in [3.8, 4) is 0 Å². The molecule has 3 nitrogen and oxygen atoms in total. The van der Waals surface area contributed by atoms with Crippen LogP contribution in [0, 0.1) is 18.8 Å². The number of hydrogen-bond donors (Lipinski definition) is 1. The van der Waals surface area contributed by atoms with E-state index < -0.39 is 0 Å². The molecule has 1 amide bonds. The molecule has 4 heteroatoms. The molecule has 1 atom stereocenters. The molecule has 0 aliphatic rings. The van der Waals surface area contributed by atoms with Crippen molar-refractivity contribution in [3.05, 3.63) is 35.4 Å². The Morgan fingerprint density at radius 3 is 2.53 bits per heavy atom. The van der Waals surface area contributed by atoms with Gasteiger partial charge in [-0.15, -0.1) is 0 Å². The Bertz CT molecular complexity index is 471. The molecule has 2 N–H and O–H groups in total. The van der Waals surface area contributed by atoms with Gasteiger partial charge < -0.3 is 10.6 Å². The zero-order valence-corrected chi connectivity index (χ0v) is 12.8. The van der Waals surface area contributed by atoms with Crippen molar-refractivity contribution in [2.24, 2.45) is 17.6 Å². The van der Waals surface area contributed by atoms with Crippen molar-refractivity contribution >= 4 is 23.1 Å². The van der Waals surface area contributed by atoms with Gasteiger partial charge in [0.25, 0.3) is 0 Å². The third kappa shape index (κ3) is 4.31. The van der Waals surface area contributed by atoms with Crippen LogP contribution in [0.1, 0.15) is 25.0 Å². The summed E-state index contributed by atoms with van der Waals surface area (Å²) in [6.07, 6.45) is 0. The van der Waals surface area contributed by atoms with Crippen molar-refractivity contribution in [1.82, 2.24) is 4.90 Å². The standard InChI is InChI=1S/C15H22N2OS/c1-10(2)13(14(16)19)15(18)17(4)9-12-7-5-6-11(3)8-12/h5-8,10,13H,9H2,1-4H3,(H2,16,19). The Labute approximate surface area is 120 Å². The summed E-state index contributed by atoms with van der Waals surface area (Å²) < 4.78 is 0. The average Bonchev–Trinajstić information content (AvgIpc) is 2.27. The lowest BCUT2D eigenvalue weighted by molar-refractivity contribution is -0.133. The van der Waals surface area contributed by atoms with E-state index in [1.54, 1.807) is 11.9 Å². The molecule has 0 aliphatic heterocycles. The zero-order chi connectivity index (χ0) is 14.6. The molecule has 0 bridgehead atoms. The van der Waals surface area contributed by atoms with Crippen LogP contribution in [0.15, 0.2) is 24.3 Å². The Morgan fingerprint density at radius 2 is 2.05 bits per heavy atom. The lowest BCUT2D eigenvalue weighted by Crippen LogP contribution is -2.41. The summed E-state index contributed by atoms with van der Waals surface area (Å²) in [6.45, 7) is 6.54. The highest BCUT2D eigenvalue weighted by Gasteiger charge is 2.27. The molecule has 1 aromatic rings. The van der Waals surface area contributed by atoms with E-state index in [0.717, 1.165) is 5.56 Å². The van der Waals surface area contributed by atoms with E-state index in [-0.39, 0.29) is 22.7 Å². The minimum Gasteiger partial charge on any atom is -0.393 e. The summed E-state index contributed by atoms with van der Waals surface area (Å²) in [4.78, 5) is 14.3. The van der Waals surface area contributed by atoms with Gasteiger partial charge in [0, 0.05) is 13.6 Å². The van der Waals surface area contributed by atoms with E-state index in [0.29, 0.717) is 6.54 Å². The molecule has 104 valence electrons. The van der Waals surface area contributed by atoms with E-state index in [2.05, 4.69) is 6.07 Å². The fraction of sp³-hybridized carbons (Fsp3) is 0.467. The van der Waals surface area contributed by atoms with E-state index in [1.165, 1.54) is 5.56 Å². The zero-order valence-electron chi connectivity index (χ0n) is 12.0. The van der Waals surface area contributed by atoms with E-state index >= 15 is 0 Å². The molecule has 0 heterocycles. The lowest BCUT2D eigenvalue weighted by Gasteiger charge is -2.25. The van der Waals surface area contributed by atoms with Gasteiger partial charge in [-0.25, -0.2) is 0 Å². The molecule has 0 aromatic heterocycles. The largest absolute Gasteiger partial charge is 0.393 e. The Balaban J connectivity index is 2.79. The molecule has 1 rings (SSSR count). The van der Waals surface area contributed by atoms with Gasteiger partial charge in [-0.3, -0.25) is 4.79 Å². The molecule has 0 saturated heterocycles. The molecular formula is C15H22N2OS. The number of rotatable bonds is 5. The summed E-state index contributed by atoms with van der Waals surface area (Å²) in [7, 11) is 1.79. The number of nitrogens with zero attached hydrogens (tertiary/aromatic N) is 1. The Morgan fingerprint density at radius 1 is 1.42 bits per heavy atom. The second-order valence-corrected chi connectivity index (χ2v) is 5.78. The highest BCUT2D eigenvalue weighted by Crippen LogP contribution is 2.16. The summed E-state index contributed by atoms with van der Waals surface area (Å²) in [6, 6.07) is 8.13. The minimum absolute atomic E-state index is 0.0102. The first-order valence-corrected chi connectivity index (χ1v) is 6.83. The van der Waals surface area contributed by atoms with E-state index in [1.807, 2.05) is 39.0 Å².